The van der Waals surface area contributed by atoms with Crippen LogP contribution in [0, 0.1) is 13.8 Å². The van der Waals surface area contributed by atoms with Gasteiger partial charge in [-0.1, -0.05) is 23.5 Å². The summed E-state index contributed by atoms with van der Waals surface area (Å²) in [4.78, 5) is 7.09. The Hall–Kier alpha value is -1.13. The molecule has 0 atom stereocenters. The largest absolute Gasteiger partial charge is 0.393 e. The highest BCUT2D eigenvalue weighted by Gasteiger charge is 2.20. The Bertz CT molecular complexity index is 531. The smallest absolute Gasteiger partial charge is 0.186 e. The normalized spacial score (nSPS) is 17.6. The summed E-state index contributed by atoms with van der Waals surface area (Å²) < 4.78 is 1.30. The zero-order valence-corrected chi connectivity index (χ0v) is 11.6. The minimum atomic E-state index is -0.126. The van der Waals surface area contributed by atoms with Crippen molar-refractivity contribution in [2.45, 2.75) is 32.8 Å². The molecule has 0 radical (unpaired) electrons. The number of rotatable bonds is 1. The van der Waals surface area contributed by atoms with Crippen LogP contribution in [0.5, 0.6) is 0 Å². The van der Waals surface area contributed by atoms with Crippen molar-refractivity contribution in [3.8, 4) is 0 Å². The van der Waals surface area contributed by atoms with E-state index in [1.165, 1.54) is 15.8 Å². The summed E-state index contributed by atoms with van der Waals surface area (Å²) in [5.74, 6) is 0. The zero-order chi connectivity index (χ0) is 12.7. The number of piperidine rings is 1. The zero-order valence-electron chi connectivity index (χ0n) is 10.8. The van der Waals surface area contributed by atoms with Crippen LogP contribution in [0.1, 0.15) is 24.0 Å². The molecule has 96 valence electrons. The predicted octanol–water partition coefficient (Wildman–Crippen LogP) is 2.87. The topological polar surface area (TPSA) is 36.4 Å². The van der Waals surface area contributed by atoms with Crippen LogP contribution in [0.2, 0.25) is 0 Å². The van der Waals surface area contributed by atoms with Crippen LogP contribution in [0.3, 0.4) is 0 Å². The number of benzene rings is 1. The Morgan fingerprint density at radius 1 is 1.22 bits per heavy atom. The molecule has 0 saturated carbocycles. The van der Waals surface area contributed by atoms with Gasteiger partial charge in [0, 0.05) is 13.1 Å². The van der Waals surface area contributed by atoms with Gasteiger partial charge in [-0.25, -0.2) is 4.98 Å². The molecule has 2 aromatic rings. The van der Waals surface area contributed by atoms with Gasteiger partial charge in [0.2, 0.25) is 0 Å². The lowest BCUT2D eigenvalue weighted by atomic mass is 10.1. The first-order valence-corrected chi connectivity index (χ1v) is 7.26. The molecule has 1 saturated heterocycles. The van der Waals surface area contributed by atoms with Crippen molar-refractivity contribution < 1.29 is 5.11 Å². The molecule has 3 nitrogen and oxygen atoms in total. The maximum absolute atomic E-state index is 9.56. The second kappa shape index (κ2) is 4.52. The van der Waals surface area contributed by atoms with Gasteiger partial charge in [-0.15, -0.1) is 0 Å². The molecule has 1 aromatic heterocycles. The van der Waals surface area contributed by atoms with E-state index in [-0.39, 0.29) is 6.10 Å². The van der Waals surface area contributed by atoms with Gasteiger partial charge in [0.15, 0.2) is 5.13 Å². The fraction of sp³-hybridized carbons (Fsp3) is 0.500. The molecule has 0 unspecified atom stereocenters. The van der Waals surface area contributed by atoms with Crippen molar-refractivity contribution in [1.82, 2.24) is 4.98 Å². The number of aryl methyl sites for hydroxylation is 2. The molecule has 18 heavy (non-hydrogen) atoms. The van der Waals surface area contributed by atoms with Gasteiger partial charge >= 0.3 is 0 Å². The Morgan fingerprint density at radius 2 is 1.89 bits per heavy atom. The summed E-state index contributed by atoms with van der Waals surface area (Å²) in [6.45, 7) is 6.09. The Labute approximate surface area is 111 Å². The lowest BCUT2D eigenvalue weighted by Gasteiger charge is -2.29. The number of hydrogen-bond donors (Lipinski definition) is 1. The highest BCUT2D eigenvalue weighted by molar-refractivity contribution is 7.22. The first-order chi connectivity index (χ1) is 8.65. The van der Waals surface area contributed by atoms with Gasteiger partial charge in [-0.3, -0.25) is 0 Å². The van der Waals surface area contributed by atoms with Crippen LogP contribution in [-0.4, -0.2) is 29.3 Å². The summed E-state index contributed by atoms with van der Waals surface area (Å²) in [7, 11) is 0. The highest BCUT2D eigenvalue weighted by atomic mass is 32.1. The van der Waals surface area contributed by atoms with Gasteiger partial charge < -0.3 is 10.0 Å². The van der Waals surface area contributed by atoms with Crippen LogP contribution in [0.25, 0.3) is 10.2 Å². The third-order valence-electron chi connectivity index (χ3n) is 3.67. The van der Waals surface area contributed by atoms with Crippen molar-refractivity contribution in [3.05, 3.63) is 23.3 Å². The highest BCUT2D eigenvalue weighted by Crippen LogP contribution is 2.34. The van der Waals surface area contributed by atoms with Gasteiger partial charge in [0.1, 0.15) is 0 Å². The van der Waals surface area contributed by atoms with Gasteiger partial charge in [-0.2, -0.15) is 0 Å². The number of aromatic nitrogens is 1. The van der Waals surface area contributed by atoms with E-state index in [4.69, 9.17) is 4.98 Å². The van der Waals surface area contributed by atoms with E-state index in [9.17, 15) is 5.11 Å². The van der Waals surface area contributed by atoms with Crippen LogP contribution in [-0.2, 0) is 0 Å². The summed E-state index contributed by atoms with van der Waals surface area (Å²) in [5, 5.41) is 10.7. The van der Waals surface area contributed by atoms with E-state index in [0.29, 0.717) is 0 Å². The quantitative estimate of drug-likeness (QED) is 0.858. The second-order valence-electron chi connectivity index (χ2n) is 5.09. The van der Waals surface area contributed by atoms with E-state index in [1.54, 1.807) is 11.3 Å². The fourth-order valence-electron chi connectivity index (χ4n) is 2.44. The minimum absolute atomic E-state index is 0.126. The van der Waals surface area contributed by atoms with Crippen LogP contribution >= 0.6 is 11.3 Å². The third kappa shape index (κ3) is 1.99. The number of aliphatic hydroxyl groups excluding tert-OH is 1. The lowest BCUT2D eigenvalue weighted by molar-refractivity contribution is 0.145. The maximum atomic E-state index is 9.56. The van der Waals surface area contributed by atoms with Crippen molar-refractivity contribution in [2.24, 2.45) is 0 Å². The summed E-state index contributed by atoms with van der Waals surface area (Å²) in [6, 6.07) is 4.31. The molecule has 1 aliphatic heterocycles. The maximum Gasteiger partial charge on any atom is 0.186 e. The molecule has 1 N–H and O–H groups in total. The van der Waals surface area contributed by atoms with E-state index in [2.05, 4.69) is 30.9 Å². The van der Waals surface area contributed by atoms with E-state index in [0.717, 1.165) is 36.6 Å². The summed E-state index contributed by atoms with van der Waals surface area (Å²) in [6.07, 6.45) is 1.58. The standard InChI is InChI=1S/C14H18N2OS/c1-9-3-4-10(2)13-12(9)15-14(18-13)16-7-5-11(17)6-8-16/h3-4,11,17H,5-8H2,1-2H3. The lowest BCUT2D eigenvalue weighted by Crippen LogP contribution is -2.35. The SMILES string of the molecule is Cc1ccc(C)c2sc(N3CCC(O)CC3)nc12. The van der Waals surface area contributed by atoms with Gasteiger partial charge in [0.05, 0.1) is 16.3 Å². The molecule has 0 spiro atoms. The molecule has 4 heteroatoms. The number of anilines is 1. The number of nitrogens with zero attached hydrogens (tertiary/aromatic N) is 2. The van der Waals surface area contributed by atoms with Gasteiger partial charge in [-0.05, 0) is 37.8 Å². The molecular formula is C14H18N2OS. The summed E-state index contributed by atoms with van der Waals surface area (Å²) in [5.41, 5.74) is 3.69. The first kappa shape index (κ1) is 11.9. The third-order valence-corrected chi connectivity index (χ3v) is 4.92. The van der Waals surface area contributed by atoms with Crippen LogP contribution in [0.4, 0.5) is 5.13 Å². The predicted molar refractivity (Wildman–Crippen MR) is 76.5 cm³/mol. The molecule has 2 heterocycles. The molecule has 0 amide bonds. The number of hydrogen-bond acceptors (Lipinski definition) is 4. The number of aliphatic hydroxyl groups is 1. The molecular weight excluding hydrogens is 244 g/mol. The average molecular weight is 262 g/mol. The summed E-state index contributed by atoms with van der Waals surface area (Å²) >= 11 is 1.78. The fourth-order valence-corrected chi connectivity index (χ4v) is 3.60. The van der Waals surface area contributed by atoms with Crippen molar-refractivity contribution in [3.63, 3.8) is 0 Å². The molecule has 1 fully saturated rings. The molecule has 3 rings (SSSR count). The van der Waals surface area contributed by atoms with Crippen LogP contribution in [0.15, 0.2) is 12.1 Å². The van der Waals surface area contributed by atoms with E-state index < -0.39 is 0 Å². The monoisotopic (exact) mass is 262 g/mol. The Balaban J connectivity index is 1.98. The Morgan fingerprint density at radius 3 is 2.56 bits per heavy atom. The van der Waals surface area contributed by atoms with Gasteiger partial charge in [0.25, 0.3) is 0 Å². The van der Waals surface area contributed by atoms with Crippen molar-refractivity contribution in [2.75, 3.05) is 18.0 Å². The molecule has 0 bridgehead atoms. The Kier molecular flexibility index (Phi) is 2.99. The number of fused-ring (bicyclic) bond motifs is 1. The second-order valence-corrected chi connectivity index (χ2v) is 6.07. The molecule has 1 aromatic carbocycles. The van der Waals surface area contributed by atoms with Crippen molar-refractivity contribution >= 4 is 26.7 Å². The average Bonchev–Trinajstić information content (AvgIpc) is 2.81. The van der Waals surface area contributed by atoms with E-state index in [1.807, 2.05) is 0 Å². The number of thiazole rings is 1. The first-order valence-electron chi connectivity index (χ1n) is 6.45. The molecule has 1 aliphatic rings. The van der Waals surface area contributed by atoms with Crippen LogP contribution < -0.4 is 4.90 Å². The minimum Gasteiger partial charge on any atom is -0.393 e. The molecule has 0 aliphatic carbocycles. The van der Waals surface area contributed by atoms with Crippen molar-refractivity contribution in [1.29, 1.82) is 0 Å². The van der Waals surface area contributed by atoms with E-state index >= 15 is 0 Å².